The molecular formula is C21H22N2O4. The van der Waals surface area contributed by atoms with Crippen LogP contribution in [0.1, 0.15) is 45.2 Å². The normalized spacial score (nSPS) is 10.4. The molecule has 0 aliphatic rings. The Morgan fingerprint density at radius 3 is 2.15 bits per heavy atom. The summed E-state index contributed by atoms with van der Waals surface area (Å²) in [6.45, 7) is 2.12. The van der Waals surface area contributed by atoms with Crippen molar-refractivity contribution in [2.45, 2.75) is 19.8 Å². The van der Waals surface area contributed by atoms with Gasteiger partial charge in [-0.2, -0.15) is 0 Å². The predicted octanol–water partition coefficient (Wildman–Crippen LogP) is 2.90. The van der Waals surface area contributed by atoms with Crippen LogP contribution in [0.5, 0.6) is 0 Å². The minimum absolute atomic E-state index is 0.304. The third-order valence-corrected chi connectivity index (χ3v) is 3.81. The summed E-state index contributed by atoms with van der Waals surface area (Å²) >= 11 is 0. The molecule has 6 nitrogen and oxygen atoms in total. The van der Waals surface area contributed by atoms with Crippen molar-refractivity contribution in [3.05, 3.63) is 76.9 Å². The van der Waals surface area contributed by atoms with Crippen molar-refractivity contribution in [3.63, 3.8) is 0 Å². The Balaban J connectivity index is 1.85. The number of rotatable bonds is 6. The van der Waals surface area contributed by atoms with Gasteiger partial charge in [-0.25, -0.2) is 4.79 Å². The predicted molar refractivity (Wildman–Crippen MR) is 103 cm³/mol. The molecule has 6 heteroatoms. The maximum Gasteiger partial charge on any atom is 0.337 e. The Morgan fingerprint density at radius 1 is 0.926 bits per heavy atom. The molecule has 2 aromatic rings. The summed E-state index contributed by atoms with van der Waals surface area (Å²) < 4.78 is 4.59. The van der Waals surface area contributed by atoms with E-state index in [0.29, 0.717) is 11.1 Å². The Bertz CT molecular complexity index is 824. The topological polar surface area (TPSA) is 84.5 Å². The van der Waals surface area contributed by atoms with Gasteiger partial charge in [0.2, 0.25) is 0 Å². The average Bonchev–Trinajstić information content (AvgIpc) is 2.71. The molecule has 2 amide bonds. The molecule has 0 fully saturated rings. The first-order valence-corrected chi connectivity index (χ1v) is 8.59. The summed E-state index contributed by atoms with van der Waals surface area (Å²) in [5, 5.41) is 0. The average molecular weight is 366 g/mol. The van der Waals surface area contributed by atoms with Gasteiger partial charge in [0.05, 0.1) is 12.7 Å². The first kappa shape index (κ1) is 19.9. The highest BCUT2D eigenvalue weighted by atomic mass is 16.5. The molecule has 2 N–H and O–H groups in total. The lowest BCUT2D eigenvalue weighted by Gasteiger charge is -2.06. The smallest absolute Gasteiger partial charge is 0.337 e. The quantitative estimate of drug-likeness (QED) is 0.468. The van der Waals surface area contributed by atoms with Crippen LogP contribution in [0.15, 0.2) is 54.6 Å². The fraction of sp³-hybridized carbons (Fsp3) is 0.190. The Labute approximate surface area is 158 Å². The molecule has 0 unspecified atom stereocenters. The van der Waals surface area contributed by atoms with Gasteiger partial charge in [-0.05, 0) is 47.9 Å². The van der Waals surface area contributed by atoms with E-state index in [-0.39, 0.29) is 0 Å². The van der Waals surface area contributed by atoms with E-state index in [0.717, 1.165) is 18.4 Å². The number of aryl methyl sites for hydroxylation is 1. The number of hydrogen-bond acceptors (Lipinski definition) is 4. The third kappa shape index (κ3) is 6.11. The van der Waals surface area contributed by atoms with Crippen molar-refractivity contribution in [2.75, 3.05) is 7.11 Å². The number of methoxy groups -OCH3 is 1. The Morgan fingerprint density at radius 2 is 1.56 bits per heavy atom. The molecule has 27 heavy (non-hydrogen) atoms. The summed E-state index contributed by atoms with van der Waals surface area (Å²) in [6.07, 6.45) is 5.12. The first-order chi connectivity index (χ1) is 13.0. The molecule has 0 aliphatic heterocycles. The van der Waals surface area contributed by atoms with Gasteiger partial charge < -0.3 is 4.74 Å². The number of carbonyl (C=O) groups excluding carboxylic acids is 3. The fourth-order valence-electron chi connectivity index (χ4n) is 2.36. The largest absolute Gasteiger partial charge is 0.465 e. The number of amides is 2. The molecule has 0 saturated heterocycles. The SMILES string of the molecule is CCCc1ccc(C=CC(=O)NNC(=O)c2ccc(C(=O)OC)cc2)cc1. The number of esters is 1. The van der Waals surface area contributed by atoms with Crippen molar-refractivity contribution in [3.8, 4) is 0 Å². The number of carbonyl (C=O) groups is 3. The summed E-state index contributed by atoms with van der Waals surface area (Å²) in [5.41, 5.74) is 7.43. The Hall–Kier alpha value is -3.41. The second kappa shape index (κ2) is 9.91. The fourth-order valence-corrected chi connectivity index (χ4v) is 2.36. The third-order valence-electron chi connectivity index (χ3n) is 3.81. The monoisotopic (exact) mass is 366 g/mol. The lowest BCUT2D eigenvalue weighted by molar-refractivity contribution is -0.117. The van der Waals surface area contributed by atoms with Crippen LogP contribution >= 0.6 is 0 Å². The van der Waals surface area contributed by atoms with Gasteiger partial charge in [0.25, 0.3) is 11.8 Å². The number of ether oxygens (including phenoxy) is 1. The van der Waals surface area contributed by atoms with E-state index < -0.39 is 17.8 Å². The van der Waals surface area contributed by atoms with Crippen LogP contribution < -0.4 is 10.9 Å². The highest BCUT2D eigenvalue weighted by Crippen LogP contribution is 2.08. The van der Waals surface area contributed by atoms with Crippen molar-refractivity contribution < 1.29 is 19.1 Å². The Kier molecular flexibility index (Phi) is 7.31. The van der Waals surface area contributed by atoms with E-state index >= 15 is 0 Å². The highest BCUT2D eigenvalue weighted by molar-refractivity contribution is 5.98. The van der Waals surface area contributed by atoms with Crippen LogP contribution in [0, 0.1) is 0 Å². The second-order valence-electron chi connectivity index (χ2n) is 5.84. The van der Waals surface area contributed by atoms with Gasteiger partial charge >= 0.3 is 5.97 Å². The maximum atomic E-state index is 12.0. The van der Waals surface area contributed by atoms with E-state index in [1.165, 1.54) is 43.0 Å². The lowest BCUT2D eigenvalue weighted by atomic mass is 10.1. The summed E-state index contributed by atoms with van der Waals surface area (Å²) in [6, 6.07) is 13.8. The zero-order chi connectivity index (χ0) is 19.6. The van der Waals surface area contributed by atoms with Crippen LogP contribution in [0.3, 0.4) is 0 Å². The number of hydrazine groups is 1. The lowest BCUT2D eigenvalue weighted by Crippen LogP contribution is -2.40. The molecule has 0 radical (unpaired) electrons. The minimum Gasteiger partial charge on any atom is -0.465 e. The molecule has 0 aromatic heterocycles. The molecule has 0 atom stereocenters. The van der Waals surface area contributed by atoms with Gasteiger partial charge in [-0.3, -0.25) is 20.4 Å². The van der Waals surface area contributed by atoms with E-state index in [2.05, 4.69) is 22.5 Å². The summed E-state index contributed by atoms with van der Waals surface area (Å²) in [4.78, 5) is 35.2. The van der Waals surface area contributed by atoms with E-state index in [1.807, 2.05) is 24.3 Å². The van der Waals surface area contributed by atoms with Crippen molar-refractivity contribution in [1.82, 2.24) is 10.9 Å². The zero-order valence-corrected chi connectivity index (χ0v) is 15.3. The molecule has 0 saturated carbocycles. The molecular weight excluding hydrogens is 344 g/mol. The van der Waals surface area contributed by atoms with Crippen LogP contribution in [0.2, 0.25) is 0 Å². The van der Waals surface area contributed by atoms with Crippen LogP contribution in [-0.2, 0) is 16.0 Å². The van der Waals surface area contributed by atoms with E-state index in [4.69, 9.17) is 0 Å². The van der Waals surface area contributed by atoms with Crippen LogP contribution in [-0.4, -0.2) is 24.9 Å². The van der Waals surface area contributed by atoms with Crippen molar-refractivity contribution in [2.24, 2.45) is 0 Å². The van der Waals surface area contributed by atoms with Crippen LogP contribution in [0.4, 0.5) is 0 Å². The number of nitrogens with one attached hydrogen (secondary N) is 2. The molecule has 140 valence electrons. The van der Waals surface area contributed by atoms with Crippen molar-refractivity contribution >= 4 is 23.9 Å². The van der Waals surface area contributed by atoms with E-state index in [1.54, 1.807) is 6.08 Å². The highest BCUT2D eigenvalue weighted by Gasteiger charge is 2.09. The number of hydrogen-bond donors (Lipinski definition) is 2. The van der Waals surface area contributed by atoms with Gasteiger partial charge in [0.1, 0.15) is 0 Å². The molecule has 0 aliphatic carbocycles. The second-order valence-corrected chi connectivity index (χ2v) is 5.84. The van der Waals surface area contributed by atoms with Gasteiger partial charge in [0.15, 0.2) is 0 Å². The molecule has 2 aromatic carbocycles. The standard InChI is InChI=1S/C21H22N2O4/c1-3-4-15-5-7-16(8-6-15)9-14-19(24)22-23-20(25)17-10-12-18(13-11-17)21(26)27-2/h5-14H,3-4H2,1-2H3,(H,22,24)(H,23,25). The summed E-state index contributed by atoms with van der Waals surface area (Å²) in [5.74, 6) is -1.42. The van der Waals surface area contributed by atoms with Gasteiger partial charge in [0, 0.05) is 11.6 Å². The van der Waals surface area contributed by atoms with Crippen molar-refractivity contribution in [1.29, 1.82) is 0 Å². The maximum absolute atomic E-state index is 12.0. The van der Waals surface area contributed by atoms with Gasteiger partial charge in [-0.1, -0.05) is 37.6 Å². The van der Waals surface area contributed by atoms with Crippen LogP contribution in [0.25, 0.3) is 6.08 Å². The van der Waals surface area contributed by atoms with Gasteiger partial charge in [-0.15, -0.1) is 0 Å². The number of benzene rings is 2. The molecule has 0 bridgehead atoms. The first-order valence-electron chi connectivity index (χ1n) is 8.59. The molecule has 2 rings (SSSR count). The molecule has 0 spiro atoms. The minimum atomic E-state index is -0.489. The molecule has 0 heterocycles. The summed E-state index contributed by atoms with van der Waals surface area (Å²) in [7, 11) is 1.28. The van der Waals surface area contributed by atoms with E-state index in [9.17, 15) is 14.4 Å². The zero-order valence-electron chi connectivity index (χ0n) is 15.3.